The second kappa shape index (κ2) is 8.58. The minimum Gasteiger partial charge on any atom is -0.366 e. The van der Waals surface area contributed by atoms with Crippen molar-refractivity contribution in [3.8, 4) is 0 Å². The van der Waals surface area contributed by atoms with Crippen molar-refractivity contribution in [2.24, 2.45) is 5.73 Å². The quantitative estimate of drug-likeness (QED) is 0.743. The second-order valence-corrected chi connectivity index (χ2v) is 8.32. The van der Waals surface area contributed by atoms with Gasteiger partial charge in [-0.25, -0.2) is 4.39 Å². The van der Waals surface area contributed by atoms with Crippen LogP contribution in [0.1, 0.15) is 34.3 Å². The average molecular weight is 428 g/mol. The van der Waals surface area contributed by atoms with Gasteiger partial charge >= 0.3 is 0 Å². The van der Waals surface area contributed by atoms with Gasteiger partial charge in [0.1, 0.15) is 5.82 Å². The summed E-state index contributed by atoms with van der Waals surface area (Å²) in [5, 5.41) is 0.419. The zero-order valence-corrected chi connectivity index (χ0v) is 17.2. The third kappa shape index (κ3) is 4.40. The van der Waals surface area contributed by atoms with E-state index in [1.165, 1.54) is 24.3 Å². The third-order valence-electron chi connectivity index (χ3n) is 5.82. The van der Waals surface area contributed by atoms with Gasteiger partial charge in [0.15, 0.2) is 0 Å². The first kappa shape index (κ1) is 20.6. The van der Waals surface area contributed by atoms with Crippen LogP contribution in [-0.4, -0.2) is 46.8 Å². The number of halogens is 2. The van der Waals surface area contributed by atoms with Crippen LogP contribution < -0.4 is 5.73 Å². The molecule has 2 aliphatic rings. The number of benzene rings is 2. The predicted octanol–water partition coefficient (Wildman–Crippen LogP) is 3.47. The Bertz CT molecular complexity index is 978. The maximum absolute atomic E-state index is 13.1. The van der Waals surface area contributed by atoms with Gasteiger partial charge in [-0.3, -0.25) is 14.5 Å². The van der Waals surface area contributed by atoms with Crippen LogP contribution in [0.25, 0.3) is 6.08 Å². The largest absolute Gasteiger partial charge is 0.366 e. The number of nitrogens with two attached hydrogens (primary N) is 1. The lowest BCUT2D eigenvalue weighted by Gasteiger charge is -2.40. The van der Waals surface area contributed by atoms with Gasteiger partial charge in [-0.2, -0.15) is 0 Å². The molecular weight excluding hydrogens is 405 g/mol. The minimum atomic E-state index is -0.584. The van der Waals surface area contributed by atoms with Crippen molar-refractivity contribution >= 4 is 29.5 Å². The first-order valence-electron chi connectivity index (χ1n) is 9.97. The van der Waals surface area contributed by atoms with E-state index in [1.54, 1.807) is 30.3 Å². The summed E-state index contributed by atoms with van der Waals surface area (Å²) in [7, 11) is 0. The molecule has 2 bridgehead atoms. The zero-order chi connectivity index (χ0) is 21.3. The Labute approximate surface area is 179 Å². The number of hydrogen-bond donors (Lipinski definition) is 1. The van der Waals surface area contributed by atoms with Gasteiger partial charge in [-0.15, -0.1) is 0 Å². The normalized spacial score (nSPS) is 21.3. The van der Waals surface area contributed by atoms with Crippen LogP contribution in [0.2, 0.25) is 5.02 Å². The molecule has 5 nitrogen and oxygen atoms in total. The van der Waals surface area contributed by atoms with Gasteiger partial charge in [0, 0.05) is 48.4 Å². The molecule has 0 spiro atoms. The van der Waals surface area contributed by atoms with E-state index >= 15 is 0 Å². The molecule has 2 aromatic rings. The number of rotatable bonds is 5. The highest BCUT2D eigenvalue weighted by atomic mass is 35.5. The van der Waals surface area contributed by atoms with Crippen molar-refractivity contribution in [1.82, 2.24) is 9.80 Å². The number of carbonyl (C=O) groups excluding carboxylic acids is 2. The van der Waals surface area contributed by atoms with Gasteiger partial charge in [-0.1, -0.05) is 29.8 Å². The van der Waals surface area contributed by atoms with Crippen molar-refractivity contribution in [3.05, 3.63) is 76.1 Å². The number of fused-ring (bicyclic) bond motifs is 2. The Morgan fingerprint density at radius 1 is 1.10 bits per heavy atom. The fourth-order valence-electron chi connectivity index (χ4n) is 4.46. The molecule has 2 saturated heterocycles. The fraction of sp³-hybridized carbons (Fsp3) is 0.304. The smallest absolute Gasteiger partial charge is 0.249 e. The molecule has 2 aliphatic heterocycles. The van der Waals surface area contributed by atoms with Crippen molar-refractivity contribution in [2.75, 3.05) is 13.1 Å². The number of hydrogen-bond acceptors (Lipinski definition) is 3. The molecule has 2 atom stereocenters. The van der Waals surface area contributed by atoms with Crippen LogP contribution in [0.3, 0.4) is 0 Å². The lowest BCUT2D eigenvalue weighted by Crippen LogP contribution is -2.55. The molecule has 0 aliphatic carbocycles. The first-order chi connectivity index (χ1) is 14.4. The van der Waals surface area contributed by atoms with Crippen LogP contribution in [0, 0.1) is 5.82 Å². The van der Waals surface area contributed by atoms with Crippen LogP contribution in [-0.2, 0) is 11.3 Å². The van der Waals surface area contributed by atoms with Crippen molar-refractivity contribution in [1.29, 1.82) is 0 Å². The van der Waals surface area contributed by atoms with E-state index in [4.69, 9.17) is 17.3 Å². The van der Waals surface area contributed by atoms with Crippen molar-refractivity contribution < 1.29 is 14.0 Å². The number of piperazine rings is 1. The average Bonchev–Trinajstić information content (AvgIpc) is 2.99. The highest BCUT2D eigenvalue weighted by Crippen LogP contribution is 2.31. The maximum atomic E-state index is 13.1. The van der Waals surface area contributed by atoms with Gasteiger partial charge < -0.3 is 10.6 Å². The Morgan fingerprint density at radius 3 is 2.40 bits per heavy atom. The number of primary amides is 1. The molecule has 30 heavy (non-hydrogen) atoms. The SMILES string of the molecule is NC(=O)c1cc(Cl)ccc1/C=C/C(=O)N1C2CCC1CN(Cc1ccc(F)cc1)C2. The van der Waals surface area contributed by atoms with Gasteiger partial charge in [0.05, 0.1) is 0 Å². The number of nitrogens with zero attached hydrogens (tertiary/aromatic N) is 2. The van der Waals surface area contributed by atoms with E-state index < -0.39 is 5.91 Å². The summed E-state index contributed by atoms with van der Waals surface area (Å²) >= 11 is 5.94. The van der Waals surface area contributed by atoms with Crippen LogP contribution in [0.15, 0.2) is 48.5 Å². The maximum Gasteiger partial charge on any atom is 0.249 e. The van der Waals surface area contributed by atoms with E-state index in [1.807, 2.05) is 4.90 Å². The van der Waals surface area contributed by atoms with E-state index in [0.29, 0.717) is 16.1 Å². The Balaban J connectivity index is 1.43. The van der Waals surface area contributed by atoms with Crippen LogP contribution >= 0.6 is 11.6 Å². The summed E-state index contributed by atoms with van der Waals surface area (Å²) in [4.78, 5) is 28.8. The monoisotopic (exact) mass is 427 g/mol. The van der Waals surface area contributed by atoms with E-state index in [2.05, 4.69) is 4.90 Å². The Morgan fingerprint density at radius 2 is 1.77 bits per heavy atom. The summed E-state index contributed by atoms with van der Waals surface area (Å²) in [6.07, 6.45) is 5.08. The summed E-state index contributed by atoms with van der Waals surface area (Å²) in [6.45, 7) is 2.33. The molecule has 2 amide bonds. The van der Waals surface area contributed by atoms with Crippen molar-refractivity contribution in [2.45, 2.75) is 31.5 Å². The number of likely N-dealkylation sites (tertiary alicyclic amines) is 1. The first-order valence-corrected chi connectivity index (χ1v) is 10.3. The minimum absolute atomic E-state index is 0.0608. The second-order valence-electron chi connectivity index (χ2n) is 7.88. The summed E-state index contributed by atoms with van der Waals surface area (Å²) in [6, 6.07) is 11.7. The molecule has 2 heterocycles. The summed E-state index contributed by atoms with van der Waals surface area (Å²) in [5.41, 5.74) is 7.35. The van der Waals surface area contributed by atoms with Crippen LogP contribution in [0.5, 0.6) is 0 Å². The molecule has 156 valence electrons. The Kier molecular flexibility index (Phi) is 5.88. The topological polar surface area (TPSA) is 66.6 Å². The third-order valence-corrected chi connectivity index (χ3v) is 6.05. The Hall–Kier alpha value is -2.70. The van der Waals surface area contributed by atoms with Gasteiger partial charge in [0.25, 0.3) is 0 Å². The lowest BCUT2D eigenvalue weighted by molar-refractivity contribution is -0.131. The van der Waals surface area contributed by atoms with E-state index in [0.717, 1.165) is 38.0 Å². The molecular formula is C23H23ClFN3O2. The fourth-order valence-corrected chi connectivity index (χ4v) is 4.63. The summed E-state index contributed by atoms with van der Waals surface area (Å²) < 4.78 is 13.1. The summed E-state index contributed by atoms with van der Waals surface area (Å²) in [5.74, 6) is -0.880. The zero-order valence-electron chi connectivity index (χ0n) is 16.4. The number of amides is 2. The molecule has 4 rings (SSSR count). The highest BCUT2D eigenvalue weighted by Gasteiger charge is 2.41. The van der Waals surface area contributed by atoms with Gasteiger partial charge in [0.2, 0.25) is 11.8 Å². The highest BCUT2D eigenvalue weighted by molar-refractivity contribution is 6.31. The molecule has 0 aromatic heterocycles. The predicted molar refractivity (Wildman–Crippen MR) is 114 cm³/mol. The molecule has 2 unspecified atom stereocenters. The number of carbonyl (C=O) groups is 2. The molecule has 2 N–H and O–H groups in total. The van der Waals surface area contributed by atoms with E-state index in [9.17, 15) is 14.0 Å². The molecule has 0 saturated carbocycles. The molecule has 2 fully saturated rings. The lowest BCUT2D eigenvalue weighted by atomic mass is 10.1. The van der Waals surface area contributed by atoms with Gasteiger partial charge in [-0.05, 0) is 54.3 Å². The van der Waals surface area contributed by atoms with Crippen LogP contribution in [0.4, 0.5) is 4.39 Å². The standard InChI is InChI=1S/C23H23ClFN3O2/c24-17-5-3-16(21(11-17)23(26)30)4-10-22(29)28-19-8-9-20(28)14-27(13-19)12-15-1-6-18(25)7-2-15/h1-7,10-11,19-20H,8-9,12-14H2,(H2,26,30)/b10-4+. The van der Waals surface area contributed by atoms with Crippen molar-refractivity contribution in [3.63, 3.8) is 0 Å². The molecule has 7 heteroatoms. The molecule has 2 aromatic carbocycles. The van der Waals surface area contributed by atoms with E-state index in [-0.39, 0.29) is 23.8 Å². The molecule has 0 radical (unpaired) electrons.